The van der Waals surface area contributed by atoms with E-state index in [2.05, 4.69) is 10.3 Å². The zero-order chi connectivity index (χ0) is 12.8. The Bertz CT molecular complexity index is 372. The Labute approximate surface area is 108 Å². The first kappa shape index (κ1) is 13.0. The molecule has 0 saturated carbocycles. The molecule has 1 aliphatic rings. The lowest BCUT2D eigenvalue weighted by Gasteiger charge is -2.26. The van der Waals surface area contributed by atoms with Crippen LogP contribution in [0.2, 0.25) is 0 Å². The van der Waals surface area contributed by atoms with Crippen molar-refractivity contribution in [3.8, 4) is 0 Å². The highest BCUT2D eigenvalue weighted by Crippen LogP contribution is 2.16. The van der Waals surface area contributed by atoms with E-state index in [1.165, 1.54) is 12.8 Å². The molecule has 4 heteroatoms. The average Bonchev–Trinajstić information content (AvgIpc) is 2.69. The van der Waals surface area contributed by atoms with Crippen LogP contribution in [0.3, 0.4) is 0 Å². The summed E-state index contributed by atoms with van der Waals surface area (Å²) in [5.74, 6) is 0.186. The molecule has 0 radical (unpaired) electrons. The number of hydrogen-bond acceptors (Lipinski definition) is 3. The highest BCUT2D eigenvalue weighted by atomic mass is 16.2. The van der Waals surface area contributed by atoms with Crippen LogP contribution in [0.4, 0.5) is 5.69 Å². The summed E-state index contributed by atoms with van der Waals surface area (Å²) in [7, 11) is 0. The van der Waals surface area contributed by atoms with Crippen LogP contribution >= 0.6 is 0 Å². The normalized spacial score (nSPS) is 20.2. The molecule has 1 amide bonds. The number of aromatic nitrogens is 1. The minimum atomic E-state index is -0.0272. The lowest BCUT2D eigenvalue weighted by atomic mass is 10.1. The molecule has 2 rings (SSSR count). The van der Waals surface area contributed by atoms with Crippen molar-refractivity contribution in [2.75, 3.05) is 18.0 Å². The van der Waals surface area contributed by atoms with Crippen LogP contribution in [0, 0.1) is 0 Å². The van der Waals surface area contributed by atoms with Crippen molar-refractivity contribution in [1.82, 2.24) is 10.3 Å². The number of hydrogen-bond donors (Lipinski definition) is 1. The molecule has 98 valence electrons. The van der Waals surface area contributed by atoms with E-state index in [0.29, 0.717) is 6.54 Å². The molecule has 0 spiro atoms. The molecule has 0 aliphatic carbocycles. The average molecular weight is 247 g/mol. The van der Waals surface area contributed by atoms with E-state index in [-0.39, 0.29) is 11.9 Å². The van der Waals surface area contributed by atoms with Gasteiger partial charge < -0.3 is 10.2 Å². The van der Waals surface area contributed by atoms with E-state index in [0.717, 1.165) is 25.1 Å². The number of likely N-dealkylation sites (N-methyl/N-ethyl adjacent to an activating group) is 1. The van der Waals surface area contributed by atoms with Crippen LogP contribution < -0.4 is 10.2 Å². The van der Waals surface area contributed by atoms with Crippen molar-refractivity contribution in [2.24, 2.45) is 0 Å². The van der Waals surface area contributed by atoms with Gasteiger partial charge in [-0.25, -0.2) is 0 Å². The number of rotatable bonds is 3. The Morgan fingerprint density at radius 1 is 1.39 bits per heavy atom. The van der Waals surface area contributed by atoms with E-state index >= 15 is 0 Å². The fraction of sp³-hybridized carbons (Fsp3) is 0.571. The second-order valence-electron chi connectivity index (χ2n) is 4.64. The minimum Gasteiger partial charge on any atom is -0.311 e. The Kier molecular flexibility index (Phi) is 4.70. The van der Waals surface area contributed by atoms with Crippen molar-refractivity contribution in [3.05, 3.63) is 24.5 Å². The molecule has 1 saturated heterocycles. The molecule has 0 bridgehead atoms. The van der Waals surface area contributed by atoms with Crippen molar-refractivity contribution >= 4 is 11.6 Å². The van der Waals surface area contributed by atoms with Gasteiger partial charge in [-0.1, -0.05) is 12.8 Å². The summed E-state index contributed by atoms with van der Waals surface area (Å²) in [5, 5.41) is 3.36. The fourth-order valence-corrected chi connectivity index (χ4v) is 2.42. The number of amides is 1. The van der Waals surface area contributed by atoms with Crippen molar-refractivity contribution in [1.29, 1.82) is 0 Å². The van der Waals surface area contributed by atoms with Gasteiger partial charge in [0.15, 0.2) is 0 Å². The Morgan fingerprint density at radius 2 is 2.17 bits per heavy atom. The number of anilines is 1. The zero-order valence-corrected chi connectivity index (χ0v) is 10.9. The van der Waals surface area contributed by atoms with Crippen LogP contribution in [0.25, 0.3) is 0 Å². The van der Waals surface area contributed by atoms with E-state index in [4.69, 9.17) is 0 Å². The van der Waals surface area contributed by atoms with Gasteiger partial charge in [0, 0.05) is 24.6 Å². The van der Waals surface area contributed by atoms with Crippen LogP contribution in [0.15, 0.2) is 24.5 Å². The van der Waals surface area contributed by atoms with Gasteiger partial charge in [-0.05, 0) is 38.4 Å². The smallest absolute Gasteiger partial charge is 0.244 e. The van der Waals surface area contributed by atoms with Crippen LogP contribution in [-0.4, -0.2) is 30.0 Å². The summed E-state index contributed by atoms with van der Waals surface area (Å²) in [6.45, 7) is 3.65. The van der Waals surface area contributed by atoms with E-state index in [9.17, 15) is 4.79 Å². The van der Waals surface area contributed by atoms with Gasteiger partial charge in [0.25, 0.3) is 0 Å². The summed E-state index contributed by atoms with van der Waals surface area (Å²) in [4.78, 5) is 18.4. The molecule has 4 nitrogen and oxygen atoms in total. The number of pyridine rings is 1. The highest BCUT2D eigenvalue weighted by molar-refractivity contribution is 5.97. The standard InChI is InChI=1S/C14H21N3O/c1-2-17(12-7-10-15-11-8-12)14(18)13-6-4-3-5-9-16-13/h7-8,10-11,13,16H,2-6,9H2,1H3. The topological polar surface area (TPSA) is 45.2 Å². The third-order valence-corrected chi connectivity index (χ3v) is 3.42. The number of carbonyl (C=O) groups excluding carboxylic acids is 1. The number of nitrogens with zero attached hydrogens (tertiary/aromatic N) is 2. The van der Waals surface area contributed by atoms with Gasteiger partial charge >= 0.3 is 0 Å². The van der Waals surface area contributed by atoms with Gasteiger partial charge in [0.05, 0.1) is 6.04 Å². The molecule has 1 aliphatic heterocycles. The van der Waals surface area contributed by atoms with Crippen LogP contribution in [-0.2, 0) is 4.79 Å². The lowest BCUT2D eigenvalue weighted by Crippen LogP contribution is -2.46. The van der Waals surface area contributed by atoms with E-state index < -0.39 is 0 Å². The Balaban J connectivity index is 2.09. The van der Waals surface area contributed by atoms with Crippen LogP contribution in [0.1, 0.15) is 32.6 Å². The molecule has 1 aromatic rings. The largest absolute Gasteiger partial charge is 0.311 e. The molecule has 2 heterocycles. The van der Waals surface area contributed by atoms with E-state index in [1.807, 2.05) is 24.0 Å². The molecule has 1 unspecified atom stereocenters. The number of nitrogens with one attached hydrogen (secondary N) is 1. The molecular formula is C14H21N3O. The first-order valence-corrected chi connectivity index (χ1v) is 6.77. The molecule has 1 fully saturated rings. The molecule has 1 atom stereocenters. The van der Waals surface area contributed by atoms with Gasteiger partial charge in [-0.3, -0.25) is 9.78 Å². The fourth-order valence-electron chi connectivity index (χ4n) is 2.42. The first-order valence-electron chi connectivity index (χ1n) is 6.77. The summed E-state index contributed by atoms with van der Waals surface area (Å²) in [5.41, 5.74) is 0.934. The highest BCUT2D eigenvalue weighted by Gasteiger charge is 2.24. The maximum Gasteiger partial charge on any atom is 0.244 e. The predicted molar refractivity (Wildman–Crippen MR) is 72.5 cm³/mol. The second-order valence-corrected chi connectivity index (χ2v) is 4.64. The van der Waals surface area contributed by atoms with Gasteiger partial charge in [-0.2, -0.15) is 0 Å². The van der Waals surface area contributed by atoms with Crippen molar-refractivity contribution in [2.45, 2.75) is 38.6 Å². The predicted octanol–water partition coefficient (Wildman–Crippen LogP) is 1.97. The molecule has 0 aromatic carbocycles. The van der Waals surface area contributed by atoms with Crippen LogP contribution in [0.5, 0.6) is 0 Å². The lowest BCUT2D eigenvalue weighted by molar-refractivity contribution is -0.120. The molecule has 18 heavy (non-hydrogen) atoms. The van der Waals surface area contributed by atoms with Crippen molar-refractivity contribution < 1.29 is 4.79 Å². The maximum atomic E-state index is 12.5. The minimum absolute atomic E-state index is 0.0272. The van der Waals surface area contributed by atoms with Gasteiger partial charge in [0.1, 0.15) is 0 Å². The molecule has 1 aromatic heterocycles. The Hall–Kier alpha value is -1.42. The van der Waals surface area contributed by atoms with E-state index in [1.54, 1.807) is 12.4 Å². The molecular weight excluding hydrogens is 226 g/mol. The quantitative estimate of drug-likeness (QED) is 0.888. The first-order chi connectivity index (χ1) is 8.83. The zero-order valence-electron chi connectivity index (χ0n) is 10.9. The maximum absolute atomic E-state index is 12.5. The summed E-state index contributed by atoms with van der Waals surface area (Å²) >= 11 is 0. The van der Waals surface area contributed by atoms with Gasteiger partial charge in [-0.15, -0.1) is 0 Å². The second kappa shape index (κ2) is 6.50. The Morgan fingerprint density at radius 3 is 2.89 bits per heavy atom. The molecule has 1 N–H and O–H groups in total. The third kappa shape index (κ3) is 3.07. The monoisotopic (exact) mass is 247 g/mol. The number of carbonyl (C=O) groups is 1. The summed E-state index contributed by atoms with van der Waals surface area (Å²) in [6.07, 6.45) is 7.93. The SMILES string of the molecule is CCN(C(=O)C1CCCCCN1)c1ccncc1. The summed E-state index contributed by atoms with van der Waals surface area (Å²) < 4.78 is 0. The summed E-state index contributed by atoms with van der Waals surface area (Å²) in [6, 6.07) is 3.75. The van der Waals surface area contributed by atoms with Crippen molar-refractivity contribution in [3.63, 3.8) is 0 Å². The third-order valence-electron chi connectivity index (χ3n) is 3.42. The van der Waals surface area contributed by atoms with Gasteiger partial charge in [0.2, 0.25) is 5.91 Å².